The van der Waals surface area contributed by atoms with Crippen molar-refractivity contribution >= 4 is 26.0 Å². The van der Waals surface area contributed by atoms with Crippen LogP contribution in [0.1, 0.15) is 25.8 Å². The Bertz CT molecular complexity index is 514. The third-order valence-electron chi connectivity index (χ3n) is 2.49. The number of nitrogens with one attached hydrogen (secondary N) is 1. The highest BCUT2D eigenvalue weighted by atomic mass is 79.9. The minimum atomic E-state index is -3.53. The molecule has 0 aliphatic carbocycles. The van der Waals surface area contributed by atoms with E-state index in [9.17, 15) is 13.5 Å². The molecule has 0 fully saturated rings. The average Bonchev–Trinajstić information content (AvgIpc) is 2.19. The molecule has 4 nitrogen and oxygen atoms in total. The Morgan fingerprint density at radius 1 is 1.39 bits per heavy atom. The Morgan fingerprint density at radius 3 is 2.50 bits per heavy atom. The second-order valence-electron chi connectivity index (χ2n) is 4.52. The lowest BCUT2D eigenvalue weighted by Gasteiger charge is -2.16. The Labute approximate surface area is 117 Å². The van der Waals surface area contributed by atoms with Crippen molar-refractivity contribution in [3.05, 3.63) is 28.2 Å². The molecule has 2 unspecified atom stereocenters. The lowest BCUT2D eigenvalue weighted by Crippen LogP contribution is -2.34. The van der Waals surface area contributed by atoms with Crippen molar-refractivity contribution in [2.24, 2.45) is 0 Å². The van der Waals surface area contributed by atoms with Crippen LogP contribution in [-0.4, -0.2) is 25.7 Å². The summed E-state index contributed by atoms with van der Waals surface area (Å²) in [7, 11) is -3.53. The molecular formula is C12H18BrNO3S. The van der Waals surface area contributed by atoms with Gasteiger partial charge in [-0.05, 0) is 51.0 Å². The third kappa shape index (κ3) is 4.35. The SMILES string of the molecule is Cc1cc(S(=O)(=O)NC(C)CC(C)O)ccc1Br. The number of hydrogen-bond acceptors (Lipinski definition) is 3. The van der Waals surface area contributed by atoms with E-state index in [0.29, 0.717) is 6.42 Å². The molecule has 0 heterocycles. The van der Waals surface area contributed by atoms with Gasteiger partial charge in [-0.25, -0.2) is 13.1 Å². The zero-order valence-electron chi connectivity index (χ0n) is 10.6. The molecule has 0 spiro atoms. The van der Waals surface area contributed by atoms with Crippen molar-refractivity contribution in [2.45, 2.75) is 44.2 Å². The van der Waals surface area contributed by atoms with E-state index in [2.05, 4.69) is 20.7 Å². The highest BCUT2D eigenvalue weighted by Crippen LogP contribution is 2.20. The van der Waals surface area contributed by atoms with E-state index < -0.39 is 16.1 Å². The Balaban J connectivity index is 2.89. The van der Waals surface area contributed by atoms with Gasteiger partial charge >= 0.3 is 0 Å². The summed E-state index contributed by atoms with van der Waals surface area (Å²) in [4.78, 5) is 0.237. The molecule has 0 aliphatic heterocycles. The van der Waals surface area contributed by atoms with Gasteiger partial charge in [0, 0.05) is 10.5 Å². The van der Waals surface area contributed by atoms with E-state index in [1.54, 1.807) is 32.0 Å². The quantitative estimate of drug-likeness (QED) is 0.866. The summed E-state index contributed by atoms with van der Waals surface area (Å²) in [5.41, 5.74) is 0.862. The van der Waals surface area contributed by atoms with Crippen LogP contribution in [0.15, 0.2) is 27.6 Å². The highest BCUT2D eigenvalue weighted by Gasteiger charge is 2.18. The van der Waals surface area contributed by atoms with Gasteiger partial charge in [0.25, 0.3) is 0 Å². The first-order valence-corrected chi connectivity index (χ1v) is 7.96. The molecule has 0 bridgehead atoms. The van der Waals surface area contributed by atoms with Crippen LogP contribution in [0.2, 0.25) is 0 Å². The molecule has 1 aromatic rings. The van der Waals surface area contributed by atoms with Gasteiger partial charge in [0.05, 0.1) is 11.0 Å². The number of halogens is 1. The van der Waals surface area contributed by atoms with Crippen molar-refractivity contribution in [3.63, 3.8) is 0 Å². The summed E-state index contributed by atoms with van der Waals surface area (Å²) in [5.74, 6) is 0. The van der Waals surface area contributed by atoms with Crippen LogP contribution >= 0.6 is 15.9 Å². The van der Waals surface area contributed by atoms with E-state index in [1.807, 2.05) is 6.92 Å². The Morgan fingerprint density at radius 2 is 2.00 bits per heavy atom. The summed E-state index contributed by atoms with van der Waals surface area (Å²) in [5, 5.41) is 9.23. The number of benzene rings is 1. The first-order chi connectivity index (χ1) is 8.22. The Kier molecular flexibility index (Phi) is 5.33. The first kappa shape index (κ1) is 15.6. The third-order valence-corrected chi connectivity index (χ3v) is 4.97. The monoisotopic (exact) mass is 335 g/mol. The largest absolute Gasteiger partial charge is 0.393 e. The molecule has 2 atom stereocenters. The fourth-order valence-electron chi connectivity index (χ4n) is 1.68. The van der Waals surface area contributed by atoms with Gasteiger partial charge < -0.3 is 5.11 Å². The van der Waals surface area contributed by atoms with Crippen LogP contribution in [0, 0.1) is 6.92 Å². The maximum absolute atomic E-state index is 12.1. The van der Waals surface area contributed by atoms with E-state index in [4.69, 9.17) is 0 Å². The van der Waals surface area contributed by atoms with Crippen molar-refractivity contribution in [1.29, 1.82) is 0 Å². The lowest BCUT2D eigenvalue weighted by atomic mass is 10.2. The van der Waals surface area contributed by atoms with Crippen LogP contribution in [0.25, 0.3) is 0 Å². The van der Waals surface area contributed by atoms with E-state index in [0.717, 1.165) is 10.0 Å². The van der Waals surface area contributed by atoms with Crippen LogP contribution in [0.3, 0.4) is 0 Å². The van der Waals surface area contributed by atoms with Gasteiger partial charge in [0.2, 0.25) is 10.0 Å². The highest BCUT2D eigenvalue weighted by molar-refractivity contribution is 9.10. The van der Waals surface area contributed by atoms with E-state index in [-0.39, 0.29) is 10.9 Å². The van der Waals surface area contributed by atoms with Crippen LogP contribution in [-0.2, 0) is 10.0 Å². The smallest absolute Gasteiger partial charge is 0.240 e. The summed E-state index contributed by atoms with van der Waals surface area (Å²) < 4.78 is 27.6. The average molecular weight is 336 g/mol. The van der Waals surface area contributed by atoms with Gasteiger partial charge in [-0.1, -0.05) is 15.9 Å². The molecule has 1 rings (SSSR count). The van der Waals surface area contributed by atoms with Crippen molar-refractivity contribution in [3.8, 4) is 0 Å². The molecule has 18 heavy (non-hydrogen) atoms. The Hall–Kier alpha value is -0.430. The van der Waals surface area contributed by atoms with Gasteiger partial charge in [-0.3, -0.25) is 0 Å². The minimum Gasteiger partial charge on any atom is -0.393 e. The summed E-state index contributed by atoms with van der Waals surface area (Å²) in [6.07, 6.45) is -0.149. The van der Waals surface area contributed by atoms with Gasteiger partial charge in [0.1, 0.15) is 0 Å². The van der Waals surface area contributed by atoms with Crippen LogP contribution in [0.5, 0.6) is 0 Å². The predicted molar refractivity (Wildman–Crippen MR) is 75.0 cm³/mol. The fourth-order valence-corrected chi connectivity index (χ4v) is 3.26. The summed E-state index contributed by atoms with van der Waals surface area (Å²) >= 11 is 3.33. The molecule has 0 amide bonds. The number of hydrogen-bond donors (Lipinski definition) is 2. The zero-order valence-corrected chi connectivity index (χ0v) is 13.0. The van der Waals surface area contributed by atoms with Gasteiger partial charge in [-0.15, -0.1) is 0 Å². The molecule has 0 aliphatic rings. The van der Waals surface area contributed by atoms with Crippen LogP contribution < -0.4 is 4.72 Å². The molecule has 0 aromatic heterocycles. The first-order valence-electron chi connectivity index (χ1n) is 5.69. The van der Waals surface area contributed by atoms with E-state index >= 15 is 0 Å². The van der Waals surface area contributed by atoms with Gasteiger partial charge in [0.15, 0.2) is 0 Å². The molecule has 6 heteroatoms. The number of sulfonamides is 1. The fraction of sp³-hybridized carbons (Fsp3) is 0.500. The van der Waals surface area contributed by atoms with Crippen LogP contribution in [0.4, 0.5) is 0 Å². The molecule has 0 saturated carbocycles. The standard InChI is InChI=1S/C12H18BrNO3S/c1-8-6-11(4-5-12(8)13)18(16,17)14-9(2)7-10(3)15/h4-6,9-10,14-15H,7H2,1-3H3. The van der Waals surface area contributed by atoms with Crippen molar-refractivity contribution < 1.29 is 13.5 Å². The predicted octanol–water partition coefficient (Wildman–Crippen LogP) is 2.20. The van der Waals surface area contributed by atoms with Crippen molar-refractivity contribution in [1.82, 2.24) is 4.72 Å². The number of aliphatic hydroxyl groups excluding tert-OH is 1. The van der Waals surface area contributed by atoms with E-state index in [1.165, 1.54) is 0 Å². The lowest BCUT2D eigenvalue weighted by molar-refractivity contribution is 0.175. The van der Waals surface area contributed by atoms with Gasteiger partial charge in [-0.2, -0.15) is 0 Å². The number of rotatable bonds is 5. The molecule has 2 N–H and O–H groups in total. The maximum Gasteiger partial charge on any atom is 0.240 e. The molecule has 102 valence electrons. The normalized spacial score (nSPS) is 15.4. The molecular weight excluding hydrogens is 318 g/mol. The maximum atomic E-state index is 12.1. The molecule has 0 saturated heterocycles. The molecule has 1 aromatic carbocycles. The molecule has 0 radical (unpaired) electrons. The number of aryl methyl sites for hydroxylation is 1. The topological polar surface area (TPSA) is 66.4 Å². The number of aliphatic hydroxyl groups is 1. The minimum absolute atomic E-state index is 0.237. The summed E-state index contributed by atoms with van der Waals surface area (Å²) in [6.45, 7) is 5.20. The second-order valence-corrected chi connectivity index (χ2v) is 7.09. The summed E-state index contributed by atoms with van der Waals surface area (Å²) in [6, 6.07) is 4.57. The zero-order chi connectivity index (χ0) is 13.9. The second kappa shape index (κ2) is 6.14. The van der Waals surface area contributed by atoms with Crippen molar-refractivity contribution in [2.75, 3.05) is 0 Å².